The topological polar surface area (TPSA) is 71.3 Å². The van der Waals surface area contributed by atoms with Gasteiger partial charge in [0, 0.05) is 12.1 Å². The van der Waals surface area contributed by atoms with E-state index in [0.717, 1.165) is 31.4 Å². The molecule has 0 saturated carbocycles. The van der Waals surface area contributed by atoms with Gasteiger partial charge in [-0.3, -0.25) is 9.69 Å². The number of aromatic nitrogens is 2. The second-order valence-corrected chi connectivity index (χ2v) is 7.21. The van der Waals surface area contributed by atoms with Crippen molar-refractivity contribution < 1.29 is 13.7 Å². The van der Waals surface area contributed by atoms with Gasteiger partial charge >= 0.3 is 0 Å². The van der Waals surface area contributed by atoms with Crippen molar-refractivity contribution in [3.8, 4) is 11.4 Å². The van der Waals surface area contributed by atoms with E-state index in [1.54, 1.807) is 12.1 Å². The Morgan fingerprint density at radius 2 is 1.93 bits per heavy atom. The van der Waals surface area contributed by atoms with Crippen LogP contribution in [0.3, 0.4) is 0 Å². The van der Waals surface area contributed by atoms with Crippen molar-refractivity contribution >= 4 is 5.91 Å². The smallest absolute Gasteiger partial charge is 0.244 e. The highest BCUT2D eigenvalue weighted by atomic mass is 19.1. The standard InChI is InChI=1S/C22H23FN4O2/c23-18-11-9-17(10-12-18)21-25-22(29-26-21)19-8-4-5-13-27(19)15-20(28)24-14-16-6-2-1-3-7-16/h1-3,6-7,9-12,19H,4-5,8,13-15H2,(H,24,28)/t19-/m0/s1. The first-order valence-corrected chi connectivity index (χ1v) is 9.83. The minimum atomic E-state index is -0.308. The minimum absolute atomic E-state index is 0.0287. The van der Waals surface area contributed by atoms with E-state index >= 15 is 0 Å². The fourth-order valence-electron chi connectivity index (χ4n) is 3.58. The molecule has 0 unspecified atom stereocenters. The van der Waals surface area contributed by atoms with Gasteiger partial charge in [-0.15, -0.1) is 0 Å². The molecule has 29 heavy (non-hydrogen) atoms. The fourth-order valence-corrected chi connectivity index (χ4v) is 3.58. The molecule has 3 aromatic rings. The normalized spacial score (nSPS) is 17.2. The number of hydrogen-bond acceptors (Lipinski definition) is 5. The number of nitrogens with zero attached hydrogens (tertiary/aromatic N) is 3. The van der Waals surface area contributed by atoms with Gasteiger partial charge in [-0.2, -0.15) is 4.98 Å². The van der Waals surface area contributed by atoms with Crippen LogP contribution < -0.4 is 5.32 Å². The van der Waals surface area contributed by atoms with E-state index in [1.807, 2.05) is 30.3 Å². The van der Waals surface area contributed by atoms with Crippen LogP contribution in [0.2, 0.25) is 0 Å². The molecule has 1 fully saturated rings. The van der Waals surface area contributed by atoms with Crippen LogP contribution in [0.25, 0.3) is 11.4 Å². The molecule has 1 amide bonds. The molecule has 0 spiro atoms. The lowest BCUT2D eigenvalue weighted by Crippen LogP contribution is -2.41. The molecular weight excluding hydrogens is 371 g/mol. The molecule has 2 heterocycles. The van der Waals surface area contributed by atoms with Gasteiger partial charge in [-0.05, 0) is 49.2 Å². The van der Waals surface area contributed by atoms with E-state index in [2.05, 4.69) is 20.4 Å². The van der Waals surface area contributed by atoms with Crippen molar-refractivity contribution in [3.05, 3.63) is 71.9 Å². The molecule has 1 saturated heterocycles. The third kappa shape index (κ3) is 4.86. The van der Waals surface area contributed by atoms with E-state index < -0.39 is 0 Å². The fraction of sp³-hybridized carbons (Fsp3) is 0.318. The molecule has 1 aliphatic heterocycles. The molecule has 2 aromatic carbocycles. The number of carbonyl (C=O) groups is 1. The van der Waals surface area contributed by atoms with Crippen LogP contribution in [-0.4, -0.2) is 34.0 Å². The van der Waals surface area contributed by atoms with Crippen LogP contribution in [0.4, 0.5) is 4.39 Å². The Labute approximate surface area is 168 Å². The molecule has 1 aromatic heterocycles. The van der Waals surface area contributed by atoms with Crippen LogP contribution in [0.1, 0.15) is 36.8 Å². The van der Waals surface area contributed by atoms with Crippen molar-refractivity contribution in [1.82, 2.24) is 20.4 Å². The minimum Gasteiger partial charge on any atom is -0.351 e. The molecule has 0 bridgehead atoms. The van der Waals surface area contributed by atoms with Crippen LogP contribution in [0, 0.1) is 5.82 Å². The largest absolute Gasteiger partial charge is 0.351 e. The summed E-state index contributed by atoms with van der Waals surface area (Å²) in [4.78, 5) is 19.1. The summed E-state index contributed by atoms with van der Waals surface area (Å²) in [7, 11) is 0. The Balaban J connectivity index is 1.41. The number of piperidine rings is 1. The second kappa shape index (κ2) is 8.96. The average molecular weight is 394 g/mol. The van der Waals surface area contributed by atoms with Gasteiger partial charge in [-0.25, -0.2) is 4.39 Å². The van der Waals surface area contributed by atoms with Gasteiger partial charge in [-0.1, -0.05) is 41.9 Å². The first-order valence-electron chi connectivity index (χ1n) is 9.83. The average Bonchev–Trinajstić information content (AvgIpc) is 3.24. The summed E-state index contributed by atoms with van der Waals surface area (Å²) in [6, 6.07) is 15.7. The van der Waals surface area contributed by atoms with Crippen LogP contribution in [0.15, 0.2) is 59.1 Å². The highest BCUT2D eigenvalue weighted by Gasteiger charge is 2.30. The van der Waals surface area contributed by atoms with Gasteiger partial charge < -0.3 is 9.84 Å². The molecule has 1 atom stereocenters. The number of carbonyl (C=O) groups excluding carboxylic acids is 1. The van der Waals surface area contributed by atoms with Crippen molar-refractivity contribution in [2.75, 3.05) is 13.1 Å². The molecule has 0 aliphatic carbocycles. The number of likely N-dealkylation sites (tertiary alicyclic amines) is 1. The van der Waals surface area contributed by atoms with Crippen molar-refractivity contribution in [3.63, 3.8) is 0 Å². The quantitative estimate of drug-likeness (QED) is 0.690. The van der Waals surface area contributed by atoms with E-state index in [1.165, 1.54) is 12.1 Å². The molecule has 1 N–H and O–H groups in total. The predicted molar refractivity (Wildman–Crippen MR) is 106 cm³/mol. The number of nitrogens with one attached hydrogen (secondary N) is 1. The molecule has 0 radical (unpaired) electrons. The molecule has 1 aliphatic rings. The summed E-state index contributed by atoms with van der Waals surface area (Å²) in [6.07, 6.45) is 2.93. The number of hydrogen-bond donors (Lipinski definition) is 1. The van der Waals surface area contributed by atoms with Gasteiger partial charge in [0.15, 0.2) is 0 Å². The predicted octanol–water partition coefficient (Wildman–Crippen LogP) is 3.72. The van der Waals surface area contributed by atoms with Gasteiger partial charge in [0.2, 0.25) is 17.6 Å². The highest BCUT2D eigenvalue weighted by molar-refractivity contribution is 5.78. The third-order valence-electron chi connectivity index (χ3n) is 5.12. The van der Waals surface area contributed by atoms with E-state index in [9.17, 15) is 9.18 Å². The van der Waals surface area contributed by atoms with E-state index in [0.29, 0.717) is 23.8 Å². The number of rotatable bonds is 6. The summed E-state index contributed by atoms with van der Waals surface area (Å²) in [6.45, 7) is 1.59. The van der Waals surface area contributed by atoms with Crippen molar-refractivity contribution in [2.45, 2.75) is 31.8 Å². The first kappa shape index (κ1) is 19.3. The summed E-state index contributed by atoms with van der Waals surface area (Å²) in [5.74, 6) is 0.593. The number of halogens is 1. The lowest BCUT2D eigenvalue weighted by Gasteiger charge is -2.32. The van der Waals surface area contributed by atoms with Crippen molar-refractivity contribution in [2.24, 2.45) is 0 Å². The van der Waals surface area contributed by atoms with Gasteiger partial charge in [0.05, 0.1) is 12.6 Å². The Morgan fingerprint density at radius 3 is 2.72 bits per heavy atom. The van der Waals surface area contributed by atoms with Gasteiger partial charge in [0.25, 0.3) is 0 Å². The Kier molecular flexibility index (Phi) is 5.95. The molecule has 7 heteroatoms. The number of amides is 1. The molecular formula is C22H23FN4O2. The monoisotopic (exact) mass is 394 g/mol. The Hall–Kier alpha value is -3.06. The maximum absolute atomic E-state index is 13.1. The maximum Gasteiger partial charge on any atom is 0.244 e. The van der Waals surface area contributed by atoms with Crippen LogP contribution in [0.5, 0.6) is 0 Å². The lowest BCUT2D eigenvalue weighted by atomic mass is 10.0. The number of benzene rings is 2. The zero-order valence-electron chi connectivity index (χ0n) is 16.1. The lowest BCUT2D eigenvalue weighted by molar-refractivity contribution is -0.123. The summed E-state index contributed by atoms with van der Waals surface area (Å²) in [5.41, 5.74) is 1.77. The molecule has 4 rings (SSSR count). The van der Waals surface area contributed by atoms with Crippen molar-refractivity contribution in [1.29, 1.82) is 0 Å². The Morgan fingerprint density at radius 1 is 1.14 bits per heavy atom. The summed E-state index contributed by atoms with van der Waals surface area (Å²) >= 11 is 0. The van der Waals surface area contributed by atoms with E-state index in [-0.39, 0.29) is 24.3 Å². The SMILES string of the molecule is O=C(CN1CCCC[C@H]1c1nc(-c2ccc(F)cc2)no1)NCc1ccccc1. The Bertz CT molecular complexity index is 943. The maximum atomic E-state index is 13.1. The first-order chi connectivity index (χ1) is 14.2. The second-order valence-electron chi connectivity index (χ2n) is 7.21. The third-order valence-corrected chi connectivity index (χ3v) is 5.12. The van der Waals surface area contributed by atoms with Gasteiger partial charge in [0.1, 0.15) is 5.82 Å². The van der Waals surface area contributed by atoms with E-state index in [4.69, 9.17) is 4.52 Å². The highest BCUT2D eigenvalue weighted by Crippen LogP contribution is 2.30. The molecule has 6 nitrogen and oxygen atoms in total. The zero-order chi connectivity index (χ0) is 20.1. The summed E-state index contributed by atoms with van der Waals surface area (Å²) in [5, 5.41) is 7.02. The zero-order valence-corrected chi connectivity index (χ0v) is 16.1. The van der Waals surface area contributed by atoms with Crippen LogP contribution >= 0.6 is 0 Å². The summed E-state index contributed by atoms with van der Waals surface area (Å²) < 4.78 is 18.6. The van der Waals surface area contributed by atoms with Crippen LogP contribution in [-0.2, 0) is 11.3 Å². The molecule has 150 valence electrons.